The normalized spacial score (nSPS) is 17.2. The van der Waals surface area contributed by atoms with Crippen LogP contribution in [0.5, 0.6) is 5.75 Å². The Kier molecular flexibility index (Phi) is 1.96. The van der Waals surface area contributed by atoms with E-state index >= 15 is 0 Å². The van der Waals surface area contributed by atoms with Gasteiger partial charge >= 0.3 is 0 Å². The third kappa shape index (κ3) is 1.17. The van der Waals surface area contributed by atoms with Crippen molar-refractivity contribution in [3.8, 4) is 18.1 Å². The van der Waals surface area contributed by atoms with Crippen molar-refractivity contribution in [3.63, 3.8) is 0 Å². The highest BCUT2D eigenvalue weighted by Gasteiger charge is 2.45. The molecule has 0 aromatic heterocycles. The zero-order chi connectivity index (χ0) is 10.2. The molecule has 0 bridgehead atoms. The molecule has 0 unspecified atom stereocenters. The predicted octanol–water partition coefficient (Wildman–Crippen LogP) is 2.50. The molecule has 2 rings (SSSR count). The molecule has 72 valence electrons. The minimum absolute atomic E-state index is 0.270. The molecule has 2 heteroatoms. The van der Waals surface area contributed by atoms with E-state index in [1.54, 1.807) is 6.07 Å². The maximum absolute atomic E-state index is 13.4. The van der Waals surface area contributed by atoms with Crippen LogP contribution < -0.4 is 4.74 Å². The number of ether oxygens (including phenoxy) is 1. The Bertz CT molecular complexity index is 399. The smallest absolute Gasteiger partial charge is 0.165 e. The molecule has 1 aliphatic rings. The number of para-hydroxylation sites is 1. The van der Waals surface area contributed by atoms with Crippen LogP contribution in [0.1, 0.15) is 18.4 Å². The van der Waals surface area contributed by atoms with Crippen LogP contribution in [0.3, 0.4) is 0 Å². The Morgan fingerprint density at radius 2 is 2.21 bits per heavy atom. The van der Waals surface area contributed by atoms with Gasteiger partial charge in [-0.2, -0.15) is 0 Å². The summed E-state index contributed by atoms with van der Waals surface area (Å²) in [6.45, 7) is 0. The van der Waals surface area contributed by atoms with Crippen LogP contribution in [-0.4, -0.2) is 7.11 Å². The molecule has 14 heavy (non-hydrogen) atoms. The Labute approximate surface area is 82.9 Å². The first-order valence-corrected chi connectivity index (χ1v) is 4.54. The van der Waals surface area contributed by atoms with E-state index in [1.807, 2.05) is 6.07 Å². The number of hydrogen-bond acceptors (Lipinski definition) is 1. The van der Waals surface area contributed by atoms with Crippen molar-refractivity contribution in [3.05, 3.63) is 29.6 Å². The summed E-state index contributed by atoms with van der Waals surface area (Å²) in [4.78, 5) is 0. The van der Waals surface area contributed by atoms with Gasteiger partial charge < -0.3 is 4.74 Å². The highest BCUT2D eigenvalue weighted by molar-refractivity contribution is 5.49. The standard InChI is InChI=1S/C12H11FO/c1-3-12(7-8-12)9-5-4-6-10(13)11(9)14-2/h1,4-6H,7-8H2,2H3. The summed E-state index contributed by atoms with van der Waals surface area (Å²) in [6.07, 6.45) is 7.29. The Hall–Kier alpha value is -1.49. The fourth-order valence-corrected chi connectivity index (χ4v) is 1.71. The average Bonchev–Trinajstić information content (AvgIpc) is 2.98. The minimum Gasteiger partial charge on any atom is -0.493 e. The monoisotopic (exact) mass is 190 g/mol. The zero-order valence-corrected chi connectivity index (χ0v) is 8.01. The molecule has 0 atom stereocenters. The van der Waals surface area contributed by atoms with Crippen LogP contribution >= 0.6 is 0 Å². The predicted molar refractivity (Wildman–Crippen MR) is 52.7 cm³/mol. The molecular formula is C12H11FO. The number of terminal acetylenes is 1. The van der Waals surface area contributed by atoms with Crippen molar-refractivity contribution in [1.82, 2.24) is 0 Å². The largest absolute Gasteiger partial charge is 0.493 e. The van der Waals surface area contributed by atoms with Gasteiger partial charge in [-0.3, -0.25) is 0 Å². The second-order valence-electron chi connectivity index (χ2n) is 3.55. The lowest BCUT2D eigenvalue weighted by Crippen LogP contribution is -2.06. The van der Waals surface area contributed by atoms with Crippen molar-refractivity contribution in [1.29, 1.82) is 0 Å². The van der Waals surface area contributed by atoms with E-state index in [0.717, 1.165) is 18.4 Å². The number of rotatable bonds is 2. The van der Waals surface area contributed by atoms with E-state index < -0.39 is 0 Å². The molecule has 0 amide bonds. The van der Waals surface area contributed by atoms with Gasteiger partial charge in [0.25, 0.3) is 0 Å². The summed E-state index contributed by atoms with van der Waals surface area (Å²) < 4.78 is 18.4. The molecular weight excluding hydrogens is 179 g/mol. The van der Waals surface area contributed by atoms with Crippen LogP contribution in [0.2, 0.25) is 0 Å². The van der Waals surface area contributed by atoms with Gasteiger partial charge in [0.15, 0.2) is 11.6 Å². The summed E-state index contributed by atoms with van der Waals surface area (Å²) in [6, 6.07) is 4.90. The first kappa shape index (κ1) is 9.08. The van der Waals surface area contributed by atoms with Crippen LogP contribution in [0.4, 0.5) is 4.39 Å². The van der Waals surface area contributed by atoms with Crippen LogP contribution in [0, 0.1) is 18.2 Å². The molecule has 0 spiro atoms. The van der Waals surface area contributed by atoms with Gasteiger partial charge in [-0.15, -0.1) is 6.42 Å². The number of halogens is 1. The van der Waals surface area contributed by atoms with Gasteiger partial charge in [0.1, 0.15) is 0 Å². The maximum atomic E-state index is 13.4. The van der Waals surface area contributed by atoms with E-state index in [9.17, 15) is 4.39 Å². The van der Waals surface area contributed by atoms with Gasteiger partial charge in [0.05, 0.1) is 12.5 Å². The van der Waals surface area contributed by atoms with Crippen molar-refractivity contribution in [2.24, 2.45) is 0 Å². The lowest BCUT2D eigenvalue weighted by molar-refractivity contribution is 0.379. The quantitative estimate of drug-likeness (QED) is 0.651. The molecule has 1 aromatic rings. The molecule has 1 aliphatic carbocycles. The fraction of sp³-hybridized carbons (Fsp3) is 0.333. The van der Waals surface area contributed by atoms with Gasteiger partial charge in [-0.1, -0.05) is 18.1 Å². The first-order chi connectivity index (χ1) is 6.73. The zero-order valence-electron chi connectivity index (χ0n) is 8.01. The minimum atomic E-state index is -0.341. The van der Waals surface area contributed by atoms with E-state index in [2.05, 4.69) is 5.92 Å². The van der Waals surface area contributed by atoms with Crippen LogP contribution in [-0.2, 0) is 5.41 Å². The molecule has 1 saturated carbocycles. The highest BCUT2D eigenvalue weighted by Crippen LogP contribution is 2.51. The van der Waals surface area contributed by atoms with E-state index in [0.29, 0.717) is 5.75 Å². The molecule has 1 aromatic carbocycles. The average molecular weight is 190 g/mol. The highest BCUT2D eigenvalue weighted by atomic mass is 19.1. The Morgan fingerprint density at radius 1 is 1.50 bits per heavy atom. The second-order valence-corrected chi connectivity index (χ2v) is 3.55. The summed E-state index contributed by atoms with van der Waals surface area (Å²) >= 11 is 0. The SMILES string of the molecule is C#CC1(c2cccc(F)c2OC)CC1. The number of benzene rings is 1. The summed E-state index contributed by atoms with van der Waals surface area (Å²) in [7, 11) is 1.47. The number of hydrogen-bond donors (Lipinski definition) is 0. The van der Waals surface area contributed by atoms with E-state index in [-0.39, 0.29) is 11.2 Å². The molecule has 1 fully saturated rings. The second kappa shape index (κ2) is 3.02. The van der Waals surface area contributed by atoms with Crippen LogP contribution in [0.15, 0.2) is 18.2 Å². The summed E-state index contributed by atoms with van der Waals surface area (Å²) in [5.74, 6) is 2.68. The van der Waals surface area contributed by atoms with E-state index in [4.69, 9.17) is 11.2 Å². The fourth-order valence-electron chi connectivity index (χ4n) is 1.71. The van der Waals surface area contributed by atoms with Gasteiger partial charge in [-0.25, -0.2) is 4.39 Å². The van der Waals surface area contributed by atoms with Gasteiger partial charge in [0.2, 0.25) is 0 Å². The third-order valence-corrected chi connectivity index (χ3v) is 2.71. The van der Waals surface area contributed by atoms with Crippen LogP contribution in [0.25, 0.3) is 0 Å². The Balaban J connectivity index is 2.54. The van der Waals surface area contributed by atoms with Crippen molar-refractivity contribution < 1.29 is 9.13 Å². The molecule has 0 heterocycles. The molecule has 0 aliphatic heterocycles. The topological polar surface area (TPSA) is 9.23 Å². The van der Waals surface area contributed by atoms with Gasteiger partial charge in [0, 0.05) is 5.56 Å². The Morgan fingerprint density at radius 3 is 2.71 bits per heavy atom. The first-order valence-electron chi connectivity index (χ1n) is 4.54. The molecule has 0 radical (unpaired) electrons. The summed E-state index contributed by atoms with van der Waals surface area (Å²) in [5, 5.41) is 0. The third-order valence-electron chi connectivity index (χ3n) is 2.71. The van der Waals surface area contributed by atoms with Gasteiger partial charge in [-0.05, 0) is 18.9 Å². The number of methoxy groups -OCH3 is 1. The lowest BCUT2D eigenvalue weighted by atomic mass is 9.96. The maximum Gasteiger partial charge on any atom is 0.165 e. The van der Waals surface area contributed by atoms with Crippen molar-refractivity contribution in [2.75, 3.05) is 7.11 Å². The van der Waals surface area contributed by atoms with Crippen molar-refractivity contribution in [2.45, 2.75) is 18.3 Å². The molecule has 0 saturated heterocycles. The lowest BCUT2D eigenvalue weighted by Gasteiger charge is -2.13. The van der Waals surface area contributed by atoms with E-state index in [1.165, 1.54) is 13.2 Å². The van der Waals surface area contributed by atoms with Crippen molar-refractivity contribution >= 4 is 0 Å². The molecule has 0 N–H and O–H groups in total. The summed E-state index contributed by atoms with van der Waals surface area (Å²) in [5.41, 5.74) is 0.537. The molecule has 1 nitrogen and oxygen atoms in total.